The van der Waals surface area contributed by atoms with Crippen LogP contribution in [-0.2, 0) is 11.2 Å². The molecule has 3 N–H and O–H groups in total. The van der Waals surface area contributed by atoms with E-state index in [2.05, 4.69) is 10.6 Å². The van der Waals surface area contributed by atoms with Gasteiger partial charge < -0.3 is 15.7 Å². The highest BCUT2D eigenvalue weighted by atomic mass is 32.1. The van der Waals surface area contributed by atoms with E-state index in [0.717, 1.165) is 19.3 Å². The first-order valence-electron chi connectivity index (χ1n) is 6.86. The molecule has 1 aliphatic rings. The minimum Gasteiger partial charge on any atom is -0.480 e. The number of hydrogen-bond donors (Lipinski definition) is 3. The Bertz CT molecular complexity index is 467. The van der Waals surface area contributed by atoms with Gasteiger partial charge in [-0.05, 0) is 31.2 Å². The van der Waals surface area contributed by atoms with E-state index in [9.17, 15) is 14.7 Å². The average molecular weight is 296 g/mol. The molecule has 5 nitrogen and oxygen atoms in total. The Morgan fingerprint density at radius 2 is 2.15 bits per heavy atom. The molecule has 1 fully saturated rings. The number of nitrogens with one attached hydrogen (secondary N) is 2. The Morgan fingerprint density at radius 1 is 1.45 bits per heavy atom. The molecule has 6 heteroatoms. The van der Waals surface area contributed by atoms with Crippen molar-refractivity contribution in [2.75, 3.05) is 0 Å². The van der Waals surface area contributed by atoms with Gasteiger partial charge in [-0.2, -0.15) is 0 Å². The largest absolute Gasteiger partial charge is 0.480 e. The molecule has 1 aliphatic carbocycles. The third-order valence-corrected chi connectivity index (χ3v) is 4.58. The Hall–Kier alpha value is -1.56. The van der Waals surface area contributed by atoms with Gasteiger partial charge in [-0.1, -0.05) is 18.9 Å². The molecule has 2 amide bonds. The van der Waals surface area contributed by atoms with Crippen LogP contribution < -0.4 is 10.6 Å². The van der Waals surface area contributed by atoms with Crippen molar-refractivity contribution in [1.29, 1.82) is 0 Å². The van der Waals surface area contributed by atoms with Gasteiger partial charge in [-0.15, -0.1) is 11.3 Å². The molecular formula is C14H20N2O3S. The minimum absolute atomic E-state index is 0.0269. The maximum Gasteiger partial charge on any atom is 0.329 e. The van der Waals surface area contributed by atoms with Gasteiger partial charge in [-0.25, -0.2) is 9.59 Å². The monoisotopic (exact) mass is 296 g/mol. The standard InChI is InChI=1S/C14H20N2O3S/c1-10(9-11-5-4-8-20-11)15-13(19)16-14(12(17)18)6-2-3-7-14/h4-5,8,10H,2-3,6-7,9H2,1H3,(H,17,18)(H2,15,16,19). The number of carboxylic acid groups (broad SMARTS) is 1. The van der Waals surface area contributed by atoms with Crippen LogP contribution in [0.1, 0.15) is 37.5 Å². The van der Waals surface area contributed by atoms with Gasteiger partial charge in [0, 0.05) is 17.3 Å². The van der Waals surface area contributed by atoms with E-state index in [4.69, 9.17) is 0 Å². The van der Waals surface area contributed by atoms with E-state index < -0.39 is 17.5 Å². The summed E-state index contributed by atoms with van der Waals surface area (Å²) < 4.78 is 0. The molecule has 0 aliphatic heterocycles. The highest BCUT2D eigenvalue weighted by Gasteiger charge is 2.42. The van der Waals surface area contributed by atoms with Crippen molar-refractivity contribution in [3.63, 3.8) is 0 Å². The molecule has 0 aromatic carbocycles. The Morgan fingerprint density at radius 3 is 2.70 bits per heavy atom. The van der Waals surface area contributed by atoms with Crippen molar-refractivity contribution in [1.82, 2.24) is 10.6 Å². The van der Waals surface area contributed by atoms with Gasteiger partial charge in [0.25, 0.3) is 0 Å². The van der Waals surface area contributed by atoms with Crippen LogP contribution in [0.2, 0.25) is 0 Å². The van der Waals surface area contributed by atoms with Gasteiger partial charge in [0.2, 0.25) is 0 Å². The number of amides is 2. The fourth-order valence-corrected chi connectivity index (χ4v) is 3.46. The number of urea groups is 1. The Balaban J connectivity index is 1.86. The number of thiophene rings is 1. The van der Waals surface area contributed by atoms with Crippen LogP contribution in [0.25, 0.3) is 0 Å². The van der Waals surface area contributed by atoms with Crippen LogP contribution in [0.4, 0.5) is 4.79 Å². The van der Waals surface area contributed by atoms with E-state index in [1.807, 2.05) is 24.4 Å². The molecule has 1 aromatic heterocycles. The maximum absolute atomic E-state index is 12.0. The number of rotatable bonds is 5. The third kappa shape index (κ3) is 3.50. The van der Waals surface area contributed by atoms with Gasteiger partial charge >= 0.3 is 12.0 Å². The summed E-state index contributed by atoms with van der Waals surface area (Å²) in [7, 11) is 0. The van der Waals surface area contributed by atoms with Crippen LogP contribution in [0.15, 0.2) is 17.5 Å². The van der Waals surface area contributed by atoms with Crippen molar-refractivity contribution in [3.05, 3.63) is 22.4 Å². The van der Waals surface area contributed by atoms with Crippen LogP contribution in [0.5, 0.6) is 0 Å². The predicted molar refractivity (Wildman–Crippen MR) is 78.0 cm³/mol. The zero-order chi connectivity index (χ0) is 14.6. The van der Waals surface area contributed by atoms with Crippen molar-refractivity contribution in [3.8, 4) is 0 Å². The molecule has 1 saturated carbocycles. The smallest absolute Gasteiger partial charge is 0.329 e. The van der Waals surface area contributed by atoms with E-state index in [1.54, 1.807) is 11.3 Å². The number of hydrogen-bond acceptors (Lipinski definition) is 3. The molecule has 0 spiro atoms. The first-order chi connectivity index (χ1) is 9.52. The topological polar surface area (TPSA) is 78.4 Å². The first-order valence-corrected chi connectivity index (χ1v) is 7.74. The summed E-state index contributed by atoms with van der Waals surface area (Å²) in [5.41, 5.74) is -1.08. The van der Waals surface area contributed by atoms with E-state index in [1.165, 1.54) is 4.88 Å². The Labute approximate surface area is 122 Å². The molecule has 1 heterocycles. The third-order valence-electron chi connectivity index (χ3n) is 3.68. The van der Waals surface area contributed by atoms with Gasteiger partial charge in [0.05, 0.1) is 0 Å². The molecule has 1 unspecified atom stereocenters. The molecule has 1 atom stereocenters. The first kappa shape index (κ1) is 14.8. The lowest BCUT2D eigenvalue weighted by atomic mass is 9.98. The van der Waals surface area contributed by atoms with Crippen molar-refractivity contribution in [2.45, 2.75) is 50.6 Å². The van der Waals surface area contributed by atoms with E-state index in [-0.39, 0.29) is 6.04 Å². The molecule has 110 valence electrons. The minimum atomic E-state index is -1.08. The average Bonchev–Trinajstić information content (AvgIpc) is 3.00. The van der Waals surface area contributed by atoms with Crippen LogP contribution in [-0.4, -0.2) is 28.7 Å². The second-order valence-electron chi connectivity index (χ2n) is 5.38. The van der Waals surface area contributed by atoms with Crippen LogP contribution >= 0.6 is 11.3 Å². The SMILES string of the molecule is CC(Cc1cccs1)NC(=O)NC1(C(=O)O)CCCC1. The molecule has 0 bridgehead atoms. The molecule has 0 radical (unpaired) electrons. The summed E-state index contributed by atoms with van der Waals surface area (Å²) in [6.07, 6.45) is 3.46. The fraction of sp³-hybridized carbons (Fsp3) is 0.571. The van der Waals surface area contributed by atoms with Crippen molar-refractivity contribution in [2.24, 2.45) is 0 Å². The normalized spacial score (nSPS) is 18.4. The quantitative estimate of drug-likeness (QED) is 0.780. The van der Waals surface area contributed by atoms with Gasteiger partial charge in [-0.3, -0.25) is 0 Å². The summed E-state index contributed by atoms with van der Waals surface area (Å²) in [5, 5.41) is 16.8. The van der Waals surface area contributed by atoms with Gasteiger partial charge in [0.15, 0.2) is 0 Å². The summed E-state index contributed by atoms with van der Waals surface area (Å²) in [6.45, 7) is 1.92. The number of carbonyl (C=O) groups is 2. The lowest BCUT2D eigenvalue weighted by molar-refractivity contribution is -0.144. The highest BCUT2D eigenvalue weighted by molar-refractivity contribution is 7.09. The lowest BCUT2D eigenvalue weighted by Crippen LogP contribution is -2.56. The number of carboxylic acids is 1. The van der Waals surface area contributed by atoms with Crippen LogP contribution in [0.3, 0.4) is 0 Å². The van der Waals surface area contributed by atoms with Crippen molar-refractivity contribution < 1.29 is 14.7 Å². The molecular weight excluding hydrogens is 276 g/mol. The molecule has 2 rings (SSSR count). The Kier molecular flexibility index (Phi) is 4.65. The highest BCUT2D eigenvalue weighted by Crippen LogP contribution is 2.29. The van der Waals surface area contributed by atoms with Crippen molar-refractivity contribution >= 4 is 23.3 Å². The maximum atomic E-state index is 12.0. The predicted octanol–water partition coefficient (Wildman–Crippen LogP) is 2.38. The number of aliphatic carboxylic acids is 1. The summed E-state index contributed by atoms with van der Waals surface area (Å²) in [4.78, 5) is 24.5. The number of carbonyl (C=O) groups excluding carboxylic acids is 1. The fourth-order valence-electron chi connectivity index (χ4n) is 2.63. The van der Waals surface area contributed by atoms with Crippen LogP contribution in [0, 0.1) is 0 Å². The second-order valence-corrected chi connectivity index (χ2v) is 6.41. The molecule has 1 aromatic rings. The second kappa shape index (κ2) is 6.26. The summed E-state index contributed by atoms with van der Waals surface area (Å²) in [6, 6.07) is 3.58. The molecule has 20 heavy (non-hydrogen) atoms. The summed E-state index contributed by atoms with van der Waals surface area (Å²) in [5.74, 6) is -0.934. The van der Waals surface area contributed by atoms with Gasteiger partial charge in [0.1, 0.15) is 5.54 Å². The summed E-state index contributed by atoms with van der Waals surface area (Å²) >= 11 is 1.65. The van der Waals surface area contributed by atoms with E-state index >= 15 is 0 Å². The van der Waals surface area contributed by atoms with E-state index in [0.29, 0.717) is 12.8 Å². The zero-order valence-corrected chi connectivity index (χ0v) is 12.3. The zero-order valence-electron chi connectivity index (χ0n) is 11.5. The lowest BCUT2D eigenvalue weighted by Gasteiger charge is -2.26. The molecule has 0 saturated heterocycles.